The molecule has 0 fully saturated rings. The molecule has 1 N–H and O–H groups in total. The van der Waals surface area contributed by atoms with Crippen molar-refractivity contribution in [3.8, 4) is 5.75 Å². The summed E-state index contributed by atoms with van der Waals surface area (Å²) in [6.45, 7) is 7.88. The first-order valence-electron chi connectivity index (χ1n) is 7.11. The maximum Gasteiger partial charge on any atom is 0.255 e. The highest BCUT2D eigenvalue weighted by molar-refractivity contribution is 6.05. The minimum atomic E-state index is -0.0891. The van der Waals surface area contributed by atoms with Crippen molar-refractivity contribution >= 4 is 11.6 Å². The minimum Gasteiger partial charge on any atom is -0.491 e. The molecule has 0 unspecified atom stereocenters. The Morgan fingerprint density at radius 1 is 1.05 bits per heavy atom. The number of anilines is 1. The van der Waals surface area contributed by atoms with Gasteiger partial charge in [0, 0.05) is 11.3 Å². The highest BCUT2D eigenvalue weighted by atomic mass is 16.5. The SMILES string of the molecule is Cc1ccc(C)c(C(=O)Nc2ccc(OC(C)C)cc2)c1. The molecule has 0 aliphatic heterocycles. The Labute approximate surface area is 126 Å². The van der Waals surface area contributed by atoms with Gasteiger partial charge in [0.2, 0.25) is 0 Å². The van der Waals surface area contributed by atoms with E-state index < -0.39 is 0 Å². The Morgan fingerprint density at radius 3 is 2.33 bits per heavy atom. The Bertz CT molecular complexity index is 630. The number of carbonyl (C=O) groups excluding carboxylic acids is 1. The zero-order chi connectivity index (χ0) is 15.4. The van der Waals surface area contributed by atoms with Crippen molar-refractivity contribution in [2.75, 3.05) is 5.32 Å². The first-order chi connectivity index (χ1) is 9.95. The van der Waals surface area contributed by atoms with Gasteiger partial charge < -0.3 is 10.1 Å². The molecule has 0 aliphatic rings. The topological polar surface area (TPSA) is 38.3 Å². The van der Waals surface area contributed by atoms with E-state index in [4.69, 9.17) is 4.74 Å². The average Bonchev–Trinajstić information content (AvgIpc) is 2.43. The fourth-order valence-corrected chi connectivity index (χ4v) is 2.07. The van der Waals surface area contributed by atoms with Gasteiger partial charge in [0.15, 0.2) is 0 Å². The largest absolute Gasteiger partial charge is 0.491 e. The fraction of sp³-hybridized carbons (Fsp3) is 0.278. The van der Waals surface area contributed by atoms with Crippen LogP contribution in [0.1, 0.15) is 35.3 Å². The predicted molar refractivity (Wildman–Crippen MR) is 86.1 cm³/mol. The third-order valence-corrected chi connectivity index (χ3v) is 3.12. The van der Waals surface area contributed by atoms with Crippen molar-refractivity contribution in [2.24, 2.45) is 0 Å². The number of carbonyl (C=O) groups is 1. The van der Waals surface area contributed by atoms with Gasteiger partial charge in [0.1, 0.15) is 5.75 Å². The molecule has 2 rings (SSSR count). The quantitative estimate of drug-likeness (QED) is 0.906. The van der Waals surface area contributed by atoms with E-state index in [0.717, 1.165) is 22.6 Å². The first kappa shape index (κ1) is 15.1. The molecule has 1 amide bonds. The van der Waals surface area contributed by atoms with Gasteiger partial charge in [-0.25, -0.2) is 0 Å². The molecule has 110 valence electrons. The molecule has 0 saturated carbocycles. The Kier molecular flexibility index (Phi) is 4.63. The van der Waals surface area contributed by atoms with Crippen LogP contribution in [-0.4, -0.2) is 12.0 Å². The normalized spacial score (nSPS) is 10.5. The number of hydrogen-bond donors (Lipinski definition) is 1. The summed E-state index contributed by atoms with van der Waals surface area (Å²) in [7, 11) is 0. The number of ether oxygens (including phenoxy) is 1. The number of benzene rings is 2. The van der Waals surface area contributed by atoms with Crippen LogP contribution in [0.3, 0.4) is 0 Å². The lowest BCUT2D eigenvalue weighted by Gasteiger charge is -2.11. The number of hydrogen-bond acceptors (Lipinski definition) is 2. The van der Waals surface area contributed by atoms with Crippen molar-refractivity contribution in [1.82, 2.24) is 0 Å². The van der Waals surface area contributed by atoms with Gasteiger partial charge in [-0.3, -0.25) is 4.79 Å². The second kappa shape index (κ2) is 6.44. The molecule has 0 radical (unpaired) electrons. The van der Waals surface area contributed by atoms with Crippen LogP contribution in [0.25, 0.3) is 0 Å². The van der Waals surface area contributed by atoms with Gasteiger partial charge in [-0.2, -0.15) is 0 Å². The van der Waals surface area contributed by atoms with E-state index in [1.54, 1.807) is 0 Å². The van der Waals surface area contributed by atoms with Crippen LogP contribution < -0.4 is 10.1 Å². The number of amides is 1. The van der Waals surface area contributed by atoms with E-state index in [2.05, 4.69) is 5.32 Å². The van der Waals surface area contributed by atoms with E-state index in [1.165, 1.54) is 0 Å². The van der Waals surface area contributed by atoms with Crippen LogP contribution in [0, 0.1) is 13.8 Å². The Balaban J connectivity index is 2.10. The molecule has 0 bridgehead atoms. The summed E-state index contributed by atoms with van der Waals surface area (Å²) in [4.78, 5) is 12.3. The van der Waals surface area contributed by atoms with E-state index in [9.17, 15) is 4.79 Å². The summed E-state index contributed by atoms with van der Waals surface area (Å²) in [5, 5.41) is 2.91. The molecule has 0 aliphatic carbocycles. The summed E-state index contributed by atoms with van der Waals surface area (Å²) in [6, 6.07) is 13.3. The van der Waals surface area contributed by atoms with Crippen molar-refractivity contribution in [3.63, 3.8) is 0 Å². The molecule has 2 aromatic rings. The average molecular weight is 283 g/mol. The fourth-order valence-electron chi connectivity index (χ4n) is 2.07. The van der Waals surface area contributed by atoms with Crippen LogP contribution in [0.2, 0.25) is 0 Å². The van der Waals surface area contributed by atoms with Gasteiger partial charge in [-0.1, -0.05) is 17.7 Å². The summed E-state index contributed by atoms with van der Waals surface area (Å²) >= 11 is 0. The van der Waals surface area contributed by atoms with Gasteiger partial charge in [-0.05, 0) is 63.6 Å². The maximum atomic E-state index is 12.3. The molecule has 0 heterocycles. The molecule has 3 nitrogen and oxygen atoms in total. The summed E-state index contributed by atoms with van der Waals surface area (Å²) < 4.78 is 5.58. The lowest BCUT2D eigenvalue weighted by atomic mass is 10.1. The highest BCUT2D eigenvalue weighted by Crippen LogP contribution is 2.18. The van der Waals surface area contributed by atoms with Crippen molar-refractivity contribution in [3.05, 3.63) is 59.2 Å². The zero-order valence-corrected chi connectivity index (χ0v) is 12.9. The molecule has 0 atom stereocenters. The number of rotatable bonds is 4. The van der Waals surface area contributed by atoms with E-state index in [-0.39, 0.29) is 12.0 Å². The molecular weight excluding hydrogens is 262 g/mol. The smallest absolute Gasteiger partial charge is 0.255 e. The minimum absolute atomic E-state index is 0.0891. The predicted octanol–water partition coefficient (Wildman–Crippen LogP) is 4.34. The van der Waals surface area contributed by atoms with E-state index in [0.29, 0.717) is 5.56 Å². The van der Waals surface area contributed by atoms with Gasteiger partial charge in [0.05, 0.1) is 6.10 Å². The van der Waals surface area contributed by atoms with E-state index >= 15 is 0 Å². The third kappa shape index (κ3) is 4.09. The van der Waals surface area contributed by atoms with Crippen molar-refractivity contribution in [2.45, 2.75) is 33.8 Å². The Morgan fingerprint density at radius 2 is 1.71 bits per heavy atom. The molecule has 21 heavy (non-hydrogen) atoms. The van der Waals surface area contributed by atoms with Gasteiger partial charge >= 0.3 is 0 Å². The second-order valence-electron chi connectivity index (χ2n) is 5.46. The summed E-state index contributed by atoms with van der Waals surface area (Å²) in [6.07, 6.45) is 0.139. The van der Waals surface area contributed by atoms with E-state index in [1.807, 2.05) is 70.2 Å². The zero-order valence-electron chi connectivity index (χ0n) is 12.9. The van der Waals surface area contributed by atoms with Gasteiger partial charge in [-0.15, -0.1) is 0 Å². The highest BCUT2D eigenvalue weighted by Gasteiger charge is 2.09. The van der Waals surface area contributed by atoms with Crippen molar-refractivity contribution in [1.29, 1.82) is 0 Å². The van der Waals surface area contributed by atoms with Crippen molar-refractivity contribution < 1.29 is 9.53 Å². The van der Waals surface area contributed by atoms with Crippen LogP contribution in [-0.2, 0) is 0 Å². The van der Waals surface area contributed by atoms with Crippen LogP contribution >= 0.6 is 0 Å². The molecule has 3 heteroatoms. The lowest BCUT2D eigenvalue weighted by Crippen LogP contribution is -2.13. The monoisotopic (exact) mass is 283 g/mol. The van der Waals surface area contributed by atoms with Gasteiger partial charge in [0.25, 0.3) is 5.91 Å². The molecule has 0 spiro atoms. The van der Waals surface area contributed by atoms with Crippen LogP contribution in [0.4, 0.5) is 5.69 Å². The molecule has 0 saturated heterocycles. The summed E-state index contributed by atoms with van der Waals surface area (Å²) in [5.41, 5.74) is 3.51. The molecule has 2 aromatic carbocycles. The first-order valence-corrected chi connectivity index (χ1v) is 7.11. The standard InChI is InChI=1S/C18H21NO2/c1-12(2)21-16-9-7-15(8-10-16)19-18(20)17-11-13(3)5-6-14(17)4/h5-12H,1-4H3,(H,19,20). The lowest BCUT2D eigenvalue weighted by molar-refractivity contribution is 0.102. The maximum absolute atomic E-state index is 12.3. The Hall–Kier alpha value is -2.29. The number of nitrogens with one attached hydrogen (secondary N) is 1. The third-order valence-electron chi connectivity index (χ3n) is 3.12. The molecule has 0 aromatic heterocycles. The number of aryl methyl sites for hydroxylation is 2. The second-order valence-corrected chi connectivity index (χ2v) is 5.46. The molecular formula is C18H21NO2. The van der Waals surface area contributed by atoms with Crippen LogP contribution in [0.15, 0.2) is 42.5 Å². The van der Waals surface area contributed by atoms with Crippen LogP contribution in [0.5, 0.6) is 5.75 Å². The summed E-state index contributed by atoms with van der Waals surface area (Å²) in [5.74, 6) is 0.712.